The van der Waals surface area contributed by atoms with E-state index in [0.717, 1.165) is 6.42 Å². The standard InChI is InChI=1S/C12H16FNO2/c1-2-5-11(14)12(15)16-8-9-6-3-4-7-10(9)13/h3-4,6-7,11H,2,5,8,14H2,1H3. The molecule has 0 saturated heterocycles. The van der Waals surface area contributed by atoms with Crippen LogP contribution >= 0.6 is 0 Å². The number of esters is 1. The highest BCUT2D eigenvalue weighted by Crippen LogP contribution is 2.08. The summed E-state index contributed by atoms with van der Waals surface area (Å²) in [6, 6.07) is 5.57. The van der Waals surface area contributed by atoms with Crippen LogP contribution in [0.5, 0.6) is 0 Å². The van der Waals surface area contributed by atoms with Crippen LogP contribution in [-0.2, 0) is 16.1 Å². The van der Waals surface area contributed by atoms with E-state index in [0.29, 0.717) is 12.0 Å². The fourth-order valence-corrected chi connectivity index (χ4v) is 1.30. The lowest BCUT2D eigenvalue weighted by molar-refractivity contribution is -0.146. The quantitative estimate of drug-likeness (QED) is 0.780. The first kappa shape index (κ1) is 12.6. The highest BCUT2D eigenvalue weighted by molar-refractivity contribution is 5.75. The number of ether oxygens (including phenoxy) is 1. The summed E-state index contributed by atoms with van der Waals surface area (Å²) in [5.74, 6) is -0.857. The summed E-state index contributed by atoms with van der Waals surface area (Å²) < 4.78 is 18.1. The molecule has 4 heteroatoms. The Morgan fingerprint density at radius 3 is 2.81 bits per heavy atom. The maximum atomic E-state index is 13.2. The van der Waals surface area contributed by atoms with Crippen molar-refractivity contribution >= 4 is 5.97 Å². The predicted molar refractivity (Wildman–Crippen MR) is 59.1 cm³/mol. The van der Waals surface area contributed by atoms with Crippen LogP contribution in [0.4, 0.5) is 4.39 Å². The monoisotopic (exact) mass is 225 g/mol. The van der Waals surface area contributed by atoms with Crippen molar-refractivity contribution in [2.24, 2.45) is 5.73 Å². The molecule has 1 aromatic rings. The minimum atomic E-state index is -0.614. The maximum absolute atomic E-state index is 13.2. The zero-order chi connectivity index (χ0) is 12.0. The Hall–Kier alpha value is -1.42. The van der Waals surface area contributed by atoms with Crippen molar-refractivity contribution in [1.29, 1.82) is 0 Å². The lowest BCUT2D eigenvalue weighted by Gasteiger charge is -2.10. The number of halogens is 1. The van der Waals surface area contributed by atoms with Crippen LogP contribution in [0.15, 0.2) is 24.3 Å². The van der Waals surface area contributed by atoms with Gasteiger partial charge >= 0.3 is 5.97 Å². The second-order valence-corrected chi connectivity index (χ2v) is 3.59. The number of hydrogen-bond acceptors (Lipinski definition) is 3. The van der Waals surface area contributed by atoms with Crippen molar-refractivity contribution < 1.29 is 13.9 Å². The fourth-order valence-electron chi connectivity index (χ4n) is 1.30. The van der Waals surface area contributed by atoms with Crippen molar-refractivity contribution in [1.82, 2.24) is 0 Å². The fraction of sp³-hybridized carbons (Fsp3) is 0.417. The van der Waals surface area contributed by atoms with Crippen molar-refractivity contribution in [2.75, 3.05) is 0 Å². The number of hydrogen-bond donors (Lipinski definition) is 1. The molecule has 0 radical (unpaired) electrons. The number of carbonyl (C=O) groups is 1. The van der Waals surface area contributed by atoms with Gasteiger partial charge in [-0.2, -0.15) is 0 Å². The lowest BCUT2D eigenvalue weighted by Crippen LogP contribution is -2.31. The lowest BCUT2D eigenvalue weighted by atomic mass is 10.2. The van der Waals surface area contributed by atoms with Gasteiger partial charge < -0.3 is 10.5 Å². The summed E-state index contributed by atoms with van der Waals surface area (Å²) in [7, 11) is 0. The highest BCUT2D eigenvalue weighted by atomic mass is 19.1. The van der Waals surface area contributed by atoms with Crippen LogP contribution in [0.1, 0.15) is 25.3 Å². The Morgan fingerprint density at radius 2 is 2.19 bits per heavy atom. The molecule has 0 heterocycles. The van der Waals surface area contributed by atoms with E-state index in [9.17, 15) is 9.18 Å². The third-order valence-electron chi connectivity index (χ3n) is 2.23. The molecule has 0 spiro atoms. The van der Waals surface area contributed by atoms with Crippen molar-refractivity contribution in [2.45, 2.75) is 32.4 Å². The van der Waals surface area contributed by atoms with Crippen LogP contribution in [0, 0.1) is 5.82 Å². The van der Waals surface area contributed by atoms with Crippen molar-refractivity contribution in [3.05, 3.63) is 35.6 Å². The Balaban J connectivity index is 2.46. The average Bonchev–Trinajstić information content (AvgIpc) is 2.28. The van der Waals surface area contributed by atoms with Gasteiger partial charge in [0.15, 0.2) is 0 Å². The zero-order valence-electron chi connectivity index (χ0n) is 9.28. The molecule has 1 aromatic carbocycles. The Bertz CT molecular complexity index is 355. The molecule has 0 aliphatic carbocycles. The van der Waals surface area contributed by atoms with E-state index in [1.165, 1.54) is 6.07 Å². The summed E-state index contributed by atoms with van der Waals surface area (Å²) >= 11 is 0. The van der Waals surface area contributed by atoms with Crippen molar-refractivity contribution in [3.63, 3.8) is 0 Å². The van der Waals surface area contributed by atoms with Gasteiger partial charge in [0.2, 0.25) is 0 Å². The van der Waals surface area contributed by atoms with Gasteiger partial charge in [-0.1, -0.05) is 31.5 Å². The molecule has 2 N–H and O–H groups in total. The van der Waals surface area contributed by atoms with Gasteiger partial charge in [-0.3, -0.25) is 4.79 Å². The van der Waals surface area contributed by atoms with E-state index < -0.39 is 12.0 Å². The first-order chi connectivity index (χ1) is 7.65. The molecular weight excluding hydrogens is 209 g/mol. The molecule has 0 aliphatic rings. The van der Waals surface area contributed by atoms with Crippen LogP contribution in [0.25, 0.3) is 0 Å². The zero-order valence-corrected chi connectivity index (χ0v) is 9.28. The van der Waals surface area contributed by atoms with E-state index >= 15 is 0 Å². The van der Waals surface area contributed by atoms with Crippen LogP contribution < -0.4 is 5.73 Å². The van der Waals surface area contributed by atoms with Gasteiger partial charge in [-0.15, -0.1) is 0 Å². The molecular formula is C12H16FNO2. The molecule has 0 saturated carbocycles. The largest absolute Gasteiger partial charge is 0.460 e. The molecule has 0 amide bonds. The minimum Gasteiger partial charge on any atom is -0.460 e. The van der Waals surface area contributed by atoms with Gasteiger partial charge in [0.25, 0.3) is 0 Å². The number of nitrogens with two attached hydrogens (primary N) is 1. The normalized spacial score (nSPS) is 12.2. The molecule has 1 atom stereocenters. The molecule has 1 rings (SSSR count). The Kier molecular flexibility index (Phi) is 4.92. The molecule has 0 bridgehead atoms. The van der Waals surface area contributed by atoms with E-state index in [4.69, 9.17) is 10.5 Å². The number of carbonyl (C=O) groups excluding carboxylic acids is 1. The smallest absolute Gasteiger partial charge is 0.323 e. The van der Waals surface area contributed by atoms with Gasteiger partial charge in [0.1, 0.15) is 18.5 Å². The van der Waals surface area contributed by atoms with E-state index in [-0.39, 0.29) is 12.4 Å². The van der Waals surface area contributed by atoms with Crippen LogP contribution in [0.3, 0.4) is 0 Å². The number of rotatable bonds is 5. The highest BCUT2D eigenvalue weighted by Gasteiger charge is 2.14. The van der Waals surface area contributed by atoms with E-state index in [1.807, 2.05) is 6.92 Å². The van der Waals surface area contributed by atoms with Gasteiger partial charge in [0.05, 0.1) is 0 Å². The first-order valence-electron chi connectivity index (χ1n) is 5.30. The summed E-state index contributed by atoms with van der Waals surface area (Å²) in [5, 5.41) is 0. The first-order valence-corrected chi connectivity index (χ1v) is 5.30. The summed E-state index contributed by atoms with van der Waals surface area (Å²) in [5.41, 5.74) is 5.92. The summed E-state index contributed by atoms with van der Waals surface area (Å²) in [6.07, 6.45) is 1.39. The van der Waals surface area contributed by atoms with Gasteiger partial charge in [-0.25, -0.2) is 4.39 Å². The second kappa shape index (κ2) is 6.23. The predicted octanol–water partition coefficient (Wildman–Crippen LogP) is 2.00. The van der Waals surface area contributed by atoms with Gasteiger partial charge in [-0.05, 0) is 12.5 Å². The molecule has 0 aliphatic heterocycles. The molecule has 88 valence electrons. The topological polar surface area (TPSA) is 52.3 Å². The molecule has 0 fully saturated rings. The van der Waals surface area contributed by atoms with Crippen LogP contribution in [-0.4, -0.2) is 12.0 Å². The summed E-state index contributed by atoms with van der Waals surface area (Å²) in [4.78, 5) is 11.3. The third-order valence-corrected chi connectivity index (χ3v) is 2.23. The average molecular weight is 225 g/mol. The van der Waals surface area contributed by atoms with E-state index in [1.54, 1.807) is 18.2 Å². The number of benzene rings is 1. The second-order valence-electron chi connectivity index (χ2n) is 3.59. The van der Waals surface area contributed by atoms with E-state index in [2.05, 4.69) is 0 Å². The van der Waals surface area contributed by atoms with Crippen molar-refractivity contribution in [3.8, 4) is 0 Å². The molecule has 16 heavy (non-hydrogen) atoms. The summed E-state index contributed by atoms with van der Waals surface area (Å²) in [6.45, 7) is 1.87. The van der Waals surface area contributed by atoms with Gasteiger partial charge in [0, 0.05) is 5.56 Å². The molecule has 3 nitrogen and oxygen atoms in total. The Morgan fingerprint density at radius 1 is 1.50 bits per heavy atom. The maximum Gasteiger partial charge on any atom is 0.323 e. The Labute approximate surface area is 94.4 Å². The SMILES string of the molecule is CCCC(N)C(=O)OCc1ccccc1F. The molecule has 1 unspecified atom stereocenters. The molecule has 0 aromatic heterocycles. The minimum absolute atomic E-state index is 0.0665. The van der Waals surface area contributed by atoms with Crippen LogP contribution in [0.2, 0.25) is 0 Å². The third kappa shape index (κ3) is 3.62.